The van der Waals surface area contributed by atoms with Gasteiger partial charge < -0.3 is 11.5 Å². The summed E-state index contributed by atoms with van der Waals surface area (Å²) in [5.41, 5.74) is 16.3. The van der Waals surface area contributed by atoms with Gasteiger partial charge in [0.1, 0.15) is 0 Å². The van der Waals surface area contributed by atoms with Crippen molar-refractivity contribution in [3.05, 3.63) is 59.7 Å². The third-order valence-corrected chi connectivity index (χ3v) is 4.72. The quantitative estimate of drug-likeness (QED) is 0.408. The van der Waals surface area contributed by atoms with Gasteiger partial charge >= 0.3 is 0 Å². The number of unbranched alkanes of at least 4 members (excludes halogenated alkanes) is 6. The highest BCUT2D eigenvalue weighted by atomic mass is 14.5. The number of benzene rings is 2. The van der Waals surface area contributed by atoms with Gasteiger partial charge in [0.25, 0.3) is 0 Å². The normalized spacial score (nSPS) is 11.1. The molecule has 0 heterocycles. The molecule has 0 bridgehead atoms. The summed E-state index contributed by atoms with van der Waals surface area (Å²) in [5.74, 6) is 0.382. The van der Waals surface area contributed by atoms with Gasteiger partial charge in [-0.15, -0.1) is 0 Å². The number of rotatable bonds is 10. The molecule has 0 fully saturated rings. The molecule has 2 nitrogen and oxygen atoms in total. The van der Waals surface area contributed by atoms with Gasteiger partial charge in [-0.05, 0) is 41.8 Å². The van der Waals surface area contributed by atoms with Crippen LogP contribution in [0.1, 0.15) is 75.3 Å². The first-order chi connectivity index (χ1) is 11.7. The summed E-state index contributed by atoms with van der Waals surface area (Å²) in [5, 5.41) is 0. The van der Waals surface area contributed by atoms with Gasteiger partial charge in [-0.25, -0.2) is 0 Å². The first-order valence-corrected chi connectivity index (χ1v) is 9.41. The first kappa shape index (κ1) is 18.4. The van der Waals surface area contributed by atoms with E-state index < -0.39 is 0 Å². The standard InChI is InChI=1S/C22H32N2/c1-2-3-4-5-6-7-8-15-22(18-11-9-13-20(23)16-18)19-12-10-14-21(24)17-19/h9-14,16-17,22H,2-8,15,23-24H2,1H3. The number of hydrogen-bond acceptors (Lipinski definition) is 2. The van der Waals surface area contributed by atoms with Crippen LogP contribution in [0, 0.1) is 0 Å². The summed E-state index contributed by atoms with van der Waals surface area (Å²) in [7, 11) is 0. The molecule has 0 amide bonds. The van der Waals surface area contributed by atoms with Crippen LogP contribution in [0.5, 0.6) is 0 Å². The van der Waals surface area contributed by atoms with E-state index in [9.17, 15) is 0 Å². The van der Waals surface area contributed by atoms with E-state index >= 15 is 0 Å². The maximum Gasteiger partial charge on any atom is 0.0316 e. The van der Waals surface area contributed by atoms with Crippen LogP contribution < -0.4 is 11.5 Å². The minimum Gasteiger partial charge on any atom is -0.399 e. The van der Waals surface area contributed by atoms with Crippen LogP contribution in [0.15, 0.2) is 48.5 Å². The lowest BCUT2D eigenvalue weighted by Crippen LogP contribution is -2.03. The Kier molecular flexibility index (Phi) is 7.67. The molecule has 0 aliphatic rings. The van der Waals surface area contributed by atoms with E-state index in [1.807, 2.05) is 12.1 Å². The SMILES string of the molecule is CCCCCCCCCC(c1cccc(N)c1)c1cccc(N)c1. The van der Waals surface area contributed by atoms with Crippen LogP contribution in [-0.2, 0) is 0 Å². The monoisotopic (exact) mass is 324 g/mol. The molecule has 0 saturated carbocycles. The molecule has 2 heteroatoms. The molecule has 0 aromatic heterocycles. The Morgan fingerprint density at radius 3 is 1.71 bits per heavy atom. The highest BCUT2D eigenvalue weighted by Gasteiger charge is 2.14. The Morgan fingerprint density at radius 1 is 0.708 bits per heavy atom. The van der Waals surface area contributed by atoms with E-state index in [1.54, 1.807) is 0 Å². The van der Waals surface area contributed by atoms with E-state index in [2.05, 4.69) is 43.3 Å². The number of nitrogens with two attached hydrogens (primary N) is 2. The Hall–Kier alpha value is -1.96. The summed E-state index contributed by atoms with van der Waals surface area (Å²) in [6, 6.07) is 16.6. The van der Waals surface area contributed by atoms with Crippen molar-refractivity contribution in [2.75, 3.05) is 11.5 Å². The molecule has 2 aromatic carbocycles. The average molecular weight is 325 g/mol. The molecule has 0 spiro atoms. The molecular weight excluding hydrogens is 292 g/mol. The van der Waals surface area contributed by atoms with E-state index in [-0.39, 0.29) is 0 Å². The lowest BCUT2D eigenvalue weighted by molar-refractivity contribution is 0.559. The predicted octanol–water partition coefficient (Wildman–Crippen LogP) is 6.12. The zero-order valence-corrected chi connectivity index (χ0v) is 15.0. The van der Waals surface area contributed by atoms with Crippen molar-refractivity contribution in [2.24, 2.45) is 0 Å². The van der Waals surface area contributed by atoms with E-state index in [0.717, 1.165) is 17.8 Å². The van der Waals surface area contributed by atoms with Crippen LogP contribution >= 0.6 is 0 Å². The fraction of sp³-hybridized carbons (Fsp3) is 0.455. The zero-order chi connectivity index (χ0) is 17.2. The van der Waals surface area contributed by atoms with Crippen molar-refractivity contribution < 1.29 is 0 Å². The van der Waals surface area contributed by atoms with Gasteiger partial charge in [-0.1, -0.05) is 76.1 Å². The fourth-order valence-corrected chi connectivity index (χ4v) is 3.38. The van der Waals surface area contributed by atoms with Crippen LogP contribution in [0.4, 0.5) is 11.4 Å². The van der Waals surface area contributed by atoms with Gasteiger partial charge in [-0.2, -0.15) is 0 Å². The summed E-state index contributed by atoms with van der Waals surface area (Å²) in [4.78, 5) is 0. The van der Waals surface area contributed by atoms with Crippen molar-refractivity contribution >= 4 is 11.4 Å². The average Bonchev–Trinajstić information content (AvgIpc) is 2.57. The predicted molar refractivity (Wildman–Crippen MR) is 106 cm³/mol. The first-order valence-electron chi connectivity index (χ1n) is 9.41. The molecular formula is C22H32N2. The molecule has 2 rings (SSSR count). The third kappa shape index (κ3) is 5.92. The van der Waals surface area contributed by atoms with Crippen LogP contribution in [-0.4, -0.2) is 0 Å². The summed E-state index contributed by atoms with van der Waals surface area (Å²) in [6.45, 7) is 2.27. The van der Waals surface area contributed by atoms with E-state index in [1.165, 1.54) is 56.1 Å². The second-order valence-electron chi connectivity index (χ2n) is 6.80. The summed E-state index contributed by atoms with van der Waals surface area (Å²) < 4.78 is 0. The number of nitrogen functional groups attached to an aromatic ring is 2. The Bertz CT molecular complexity index is 561. The molecule has 0 radical (unpaired) electrons. The molecule has 24 heavy (non-hydrogen) atoms. The highest BCUT2D eigenvalue weighted by Crippen LogP contribution is 2.32. The van der Waals surface area contributed by atoms with Crippen molar-refractivity contribution in [3.8, 4) is 0 Å². The second-order valence-corrected chi connectivity index (χ2v) is 6.80. The van der Waals surface area contributed by atoms with Crippen LogP contribution in [0.25, 0.3) is 0 Å². The minimum atomic E-state index is 0.382. The molecule has 0 unspecified atom stereocenters. The lowest BCUT2D eigenvalue weighted by Gasteiger charge is -2.19. The maximum atomic E-state index is 6.00. The van der Waals surface area contributed by atoms with Crippen molar-refractivity contribution in [2.45, 2.75) is 64.2 Å². The zero-order valence-electron chi connectivity index (χ0n) is 15.0. The van der Waals surface area contributed by atoms with Gasteiger partial charge in [0.2, 0.25) is 0 Å². The third-order valence-electron chi connectivity index (χ3n) is 4.72. The van der Waals surface area contributed by atoms with E-state index in [4.69, 9.17) is 11.5 Å². The molecule has 0 saturated heterocycles. The van der Waals surface area contributed by atoms with E-state index in [0.29, 0.717) is 5.92 Å². The van der Waals surface area contributed by atoms with Crippen molar-refractivity contribution in [1.29, 1.82) is 0 Å². The Morgan fingerprint density at radius 2 is 1.21 bits per heavy atom. The van der Waals surface area contributed by atoms with Gasteiger partial charge in [0, 0.05) is 17.3 Å². The topological polar surface area (TPSA) is 52.0 Å². The van der Waals surface area contributed by atoms with Crippen molar-refractivity contribution in [3.63, 3.8) is 0 Å². The van der Waals surface area contributed by atoms with Crippen LogP contribution in [0.2, 0.25) is 0 Å². The maximum absolute atomic E-state index is 6.00. The summed E-state index contributed by atoms with van der Waals surface area (Å²) in [6.07, 6.45) is 10.5. The fourth-order valence-electron chi connectivity index (χ4n) is 3.38. The minimum absolute atomic E-state index is 0.382. The molecule has 130 valence electrons. The molecule has 0 atom stereocenters. The van der Waals surface area contributed by atoms with Gasteiger partial charge in [0.15, 0.2) is 0 Å². The Labute approximate surface area is 147 Å². The number of hydrogen-bond donors (Lipinski definition) is 2. The lowest BCUT2D eigenvalue weighted by atomic mass is 9.86. The molecule has 4 N–H and O–H groups in total. The Balaban J connectivity index is 1.99. The molecule has 2 aromatic rings. The summed E-state index contributed by atoms with van der Waals surface area (Å²) >= 11 is 0. The largest absolute Gasteiger partial charge is 0.399 e. The molecule has 0 aliphatic heterocycles. The smallest absolute Gasteiger partial charge is 0.0316 e. The second kappa shape index (κ2) is 10.0. The van der Waals surface area contributed by atoms with Gasteiger partial charge in [-0.3, -0.25) is 0 Å². The van der Waals surface area contributed by atoms with Crippen LogP contribution in [0.3, 0.4) is 0 Å². The molecule has 0 aliphatic carbocycles. The number of anilines is 2. The van der Waals surface area contributed by atoms with Gasteiger partial charge in [0.05, 0.1) is 0 Å². The van der Waals surface area contributed by atoms with Crippen molar-refractivity contribution in [1.82, 2.24) is 0 Å². The highest BCUT2D eigenvalue weighted by molar-refractivity contribution is 5.48.